The van der Waals surface area contributed by atoms with E-state index >= 15 is 0 Å². The van der Waals surface area contributed by atoms with Crippen LogP contribution in [0.3, 0.4) is 0 Å². The number of H-pyrrole nitrogens is 1. The van der Waals surface area contributed by atoms with Crippen LogP contribution in [0.15, 0.2) is 48.5 Å². The molecule has 2 aliphatic heterocycles. The number of amides is 2. The fourth-order valence-electron chi connectivity index (χ4n) is 4.74. The Morgan fingerprint density at radius 3 is 2.59 bits per heavy atom. The molecule has 0 spiro atoms. The van der Waals surface area contributed by atoms with E-state index in [1.54, 1.807) is 14.2 Å². The van der Waals surface area contributed by atoms with Crippen LogP contribution in [0.25, 0.3) is 10.9 Å². The molecule has 1 saturated heterocycles. The maximum atomic E-state index is 12.8. The fraction of sp³-hybridized carbons (Fsp3) is 0.304. The maximum Gasteiger partial charge on any atom is 0.246 e. The van der Waals surface area contributed by atoms with E-state index in [4.69, 9.17) is 4.74 Å². The second-order valence-corrected chi connectivity index (χ2v) is 7.74. The number of likely N-dealkylation sites (N-methyl/N-ethyl adjacent to an activating group) is 1. The lowest BCUT2D eigenvalue weighted by Gasteiger charge is -2.39. The molecule has 2 aromatic carbocycles. The summed E-state index contributed by atoms with van der Waals surface area (Å²) >= 11 is 0. The molecule has 6 nitrogen and oxygen atoms in total. The van der Waals surface area contributed by atoms with E-state index in [1.807, 2.05) is 30.3 Å². The van der Waals surface area contributed by atoms with E-state index in [9.17, 15) is 9.59 Å². The molecule has 1 N–H and O–H groups in total. The first kappa shape index (κ1) is 17.9. The number of nitrogens with one attached hydrogen (secondary N) is 1. The summed E-state index contributed by atoms with van der Waals surface area (Å²) in [6.07, 6.45) is 1.05. The first-order chi connectivity index (χ1) is 14.1. The van der Waals surface area contributed by atoms with Crippen molar-refractivity contribution in [2.24, 2.45) is 0 Å². The predicted octanol–water partition coefficient (Wildman–Crippen LogP) is 2.88. The Bertz CT molecular complexity index is 1110. The van der Waals surface area contributed by atoms with Gasteiger partial charge in [-0.3, -0.25) is 19.4 Å². The van der Waals surface area contributed by atoms with Crippen LogP contribution in [0.4, 0.5) is 0 Å². The number of hydrogen-bond acceptors (Lipinski definition) is 4. The molecule has 2 atom stereocenters. The summed E-state index contributed by atoms with van der Waals surface area (Å²) in [4.78, 5) is 32.0. The lowest BCUT2D eigenvalue weighted by Crippen LogP contribution is -2.46. The number of methoxy groups -OCH3 is 1. The van der Waals surface area contributed by atoms with Crippen LogP contribution in [-0.2, 0) is 16.0 Å². The Balaban J connectivity index is 1.66. The number of aromatic amines is 1. The number of carbonyl (C=O) groups is 2. The number of likely N-dealkylation sites (tertiary alicyclic amines) is 1. The van der Waals surface area contributed by atoms with E-state index in [1.165, 1.54) is 10.5 Å². The number of carbonyl (C=O) groups excluding carboxylic acids is 2. The van der Waals surface area contributed by atoms with Gasteiger partial charge in [-0.1, -0.05) is 30.3 Å². The summed E-state index contributed by atoms with van der Waals surface area (Å²) in [5.74, 6) is 0.604. The molecule has 3 heterocycles. The van der Waals surface area contributed by atoms with Crippen molar-refractivity contribution in [3.05, 3.63) is 65.4 Å². The van der Waals surface area contributed by atoms with Gasteiger partial charge in [0.2, 0.25) is 11.8 Å². The molecular formula is C23H23N3O3. The van der Waals surface area contributed by atoms with Crippen LogP contribution in [0.5, 0.6) is 5.75 Å². The van der Waals surface area contributed by atoms with Crippen molar-refractivity contribution >= 4 is 22.7 Å². The summed E-state index contributed by atoms with van der Waals surface area (Å²) in [5, 5.41) is 1.16. The van der Waals surface area contributed by atoms with Crippen molar-refractivity contribution in [2.75, 3.05) is 20.7 Å². The van der Waals surface area contributed by atoms with E-state index in [2.05, 4.69) is 28.1 Å². The number of fused-ring (bicyclic) bond motifs is 3. The monoisotopic (exact) mass is 389 g/mol. The molecule has 29 heavy (non-hydrogen) atoms. The number of imide groups is 1. The second-order valence-electron chi connectivity index (χ2n) is 7.74. The molecule has 0 bridgehead atoms. The maximum absolute atomic E-state index is 12.8. The van der Waals surface area contributed by atoms with Gasteiger partial charge < -0.3 is 9.72 Å². The zero-order chi connectivity index (χ0) is 20.1. The summed E-state index contributed by atoms with van der Waals surface area (Å²) in [6.45, 7) is 0.717. The van der Waals surface area contributed by atoms with Gasteiger partial charge in [-0.15, -0.1) is 0 Å². The molecule has 2 amide bonds. The lowest BCUT2D eigenvalue weighted by atomic mass is 9.90. The Labute approximate surface area is 169 Å². The zero-order valence-electron chi connectivity index (χ0n) is 16.5. The molecule has 1 aromatic heterocycles. The molecule has 2 aliphatic rings. The number of aromatic nitrogens is 1. The number of ether oxygens (including phenoxy) is 1. The summed E-state index contributed by atoms with van der Waals surface area (Å²) in [6, 6.07) is 15.7. The minimum Gasteiger partial charge on any atom is -0.497 e. The summed E-state index contributed by atoms with van der Waals surface area (Å²) in [7, 11) is 3.25. The van der Waals surface area contributed by atoms with Crippen molar-refractivity contribution < 1.29 is 14.3 Å². The molecule has 148 valence electrons. The van der Waals surface area contributed by atoms with E-state index in [0.29, 0.717) is 6.54 Å². The second kappa shape index (κ2) is 6.74. The Hall–Kier alpha value is -3.12. The SMILES string of the molecule is COc1ccc2[nH]c3c(c2c1)CCN([C@H]1CC(=O)N(C)C1=O)[C@H]3c1ccccc1. The van der Waals surface area contributed by atoms with Gasteiger partial charge in [-0.2, -0.15) is 0 Å². The van der Waals surface area contributed by atoms with E-state index in [0.717, 1.165) is 34.3 Å². The lowest BCUT2D eigenvalue weighted by molar-refractivity contribution is -0.138. The average Bonchev–Trinajstić information content (AvgIpc) is 3.25. The Kier molecular flexibility index (Phi) is 4.17. The van der Waals surface area contributed by atoms with Crippen LogP contribution in [0.1, 0.15) is 29.3 Å². The third-order valence-electron chi connectivity index (χ3n) is 6.24. The van der Waals surface area contributed by atoms with E-state index in [-0.39, 0.29) is 24.3 Å². The molecule has 0 aliphatic carbocycles. The third-order valence-corrected chi connectivity index (χ3v) is 6.24. The zero-order valence-corrected chi connectivity index (χ0v) is 16.5. The molecular weight excluding hydrogens is 366 g/mol. The minimum absolute atomic E-state index is 0.105. The van der Waals surface area contributed by atoms with Crippen molar-refractivity contribution in [1.82, 2.24) is 14.8 Å². The van der Waals surface area contributed by atoms with Crippen molar-refractivity contribution in [1.29, 1.82) is 0 Å². The molecule has 0 radical (unpaired) electrons. The molecule has 3 aromatic rings. The topological polar surface area (TPSA) is 65.6 Å². The highest BCUT2D eigenvalue weighted by atomic mass is 16.5. The molecule has 0 unspecified atom stereocenters. The largest absolute Gasteiger partial charge is 0.497 e. The number of rotatable bonds is 3. The Morgan fingerprint density at radius 2 is 1.90 bits per heavy atom. The predicted molar refractivity (Wildman–Crippen MR) is 110 cm³/mol. The van der Waals surface area contributed by atoms with Crippen LogP contribution in [-0.4, -0.2) is 53.3 Å². The minimum atomic E-state index is -0.424. The van der Waals surface area contributed by atoms with Crippen LogP contribution >= 0.6 is 0 Å². The highest BCUT2D eigenvalue weighted by Crippen LogP contribution is 2.41. The normalized spacial score (nSPS) is 22.3. The standard InChI is InChI=1S/C23H23N3O3/c1-25-20(27)13-19(23(25)28)26-11-10-16-17-12-15(29-2)8-9-18(17)24-21(16)22(26)14-6-4-3-5-7-14/h3-9,12,19,22,24H,10-11,13H2,1-2H3/t19-,22-/m0/s1. The quantitative estimate of drug-likeness (QED) is 0.700. The van der Waals surface area contributed by atoms with Crippen LogP contribution in [0.2, 0.25) is 0 Å². The molecule has 5 rings (SSSR count). The van der Waals surface area contributed by atoms with Gasteiger partial charge in [0.15, 0.2) is 0 Å². The van der Waals surface area contributed by atoms with Crippen LogP contribution in [0, 0.1) is 0 Å². The van der Waals surface area contributed by atoms with Crippen LogP contribution < -0.4 is 4.74 Å². The van der Waals surface area contributed by atoms with Crippen molar-refractivity contribution in [3.63, 3.8) is 0 Å². The smallest absolute Gasteiger partial charge is 0.246 e. The van der Waals surface area contributed by atoms with Gasteiger partial charge in [0, 0.05) is 30.2 Å². The van der Waals surface area contributed by atoms with Crippen molar-refractivity contribution in [2.45, 2.75) is 24.9 Å². The first-order valence-electron chi connectivity index (χ1n) is 9.88. The summed E-state index contributed by atoms with van der Waals surface area (Å²) in [5.41, 5.74) is 4.53. The van der Waals surface area contributed by atoms with Gasteiger partial charge in [0.25, 0.3) is 0 Å². The highest BCUT2D eigenvalue weighted by Gasteiger charge is 2.45. The van der Waals surface area contributed by atoms with Gasteiger partial charge in [-0.05, 0) is 35.7 Å². The van der Waals surface area contributed by atoms with E-state index < -0.39 is 6.04 Å². The number of nitrogens with zero attached hydrogens (tertiary/aromatic N) is 2. The van der Waals surface area contributed by atoms with Gasteiger partial charge in [-0.25, -0.2) is 0 Å². The Morgan fingerprint density at radius 1 is 1.10 bits per heavy atom. The summed E-state index contributed by atoms with van der Waals surface area (Å²) < 4.78 is 5.42. The van der Waals surface area contributed by atoms with Crippen molar-refractivity contribution in [3.8, 4) is 5.75 Å². The number of benzene rings is 2. The average molecular weight is 389 g/mol. The highest BCUT2D eigenvalue weighted by molar-refractivity contribution is 6.05. The van der Waals surface area contributed by atoms with Gasteiger partial charge in [0.1, 0.15) is 5.75 Å². The van der Waals surface area contributed by atoms with Gasteiger partial charge >= 0.3 is 0 Å². The number of hydrogen-bond donors (Lipinski definition) is 1. The molecule has 1 fully saturated rings. The molecule has 0 saturated carbocycles. The third kappa shape index (κ3) is 2.75. The molecule has 6 heteroatoms. The van der Waals surface area contributed by atoms with Gasteiger partial charge in [0.05, 0.1) is 25.6 Å². The fourth-order valence-corrected chi connectivity index (χ4v) is 4.74. The first-order valence-corrected chi connectivity index (χ1v) is 9.88.